The Hall–Kier alpha value is -2.85. The van der Waals surface area contributed by atoms with Gasteiger partial charge in [0.2, 0.25) is 5.95 Å². The van der Waals surface area contributed by atoms with Gasteiger partial charge in [0.1, 0.15) is 16.7 Å². The molecule has 1 aliphatic heterocycles. The van der Waals surface area contributed by atoms with Crippen molar-refractivity contribution in [1.29, 1.82) is 0 Å². The SMILES string of the molecule is C[C@@H]1CCCN(c2cc(Sc3ncccn3)nc(NC(=S)NCc3ccc(F)cc3)n2)C1. The number of hydrogen-bond acceptors (Lipinski definition) is 7. The van der Waals surface area contributed by atoms with E-state index in [0.29, 0.717) is 28.7 Å². The van der Waals surface area contributed by atoms with E-state index in [9.17, 15) is 4.39 Å². The van der Waals surface area contributed by atoms with Gasteiger partial charge in [0.05, 0.1) is 0 Å². The first-order valence-corrected chi connectivity index (χ1v) is 11.7. The lowest BCUT2D eigenvalue weighted by atomic mass is 10.0. The van der Waals surface area contributed by atoms with Crippen LogP contribution in [0, 0.1) is 11.7 Å². The lowest BCUT2D eigenvalue weighted by Gasteiger charge is -2.32. The van der Waals surface area contributed by atoms with Crippen LogP contribution < -0.4 is 15.5 Å². The molecule has 1 atom stereocenters. The lowest BCUT2D eigenvalue weighted by molar-refractivity contribution is 0.444. The van der Waals surface area contributed by atoms with Gasteiger partial charge in [-0.05, 0) is 66.5 Å². The fourth-order valence-electron chi connectivity index (χ4n) is 3.44. The van der Waals surface area contributed by atoms with Crippen molar-refractivity contribution >= 4 is 40.9 Å². The van der Waals surface area contributed by atoms with Crippen molar-refractivity contribution in [2.45, 2.75) is 36.5 Å². The third-order valence-electron chi connectivity index (χ3n) is 5.00. The van der Waals surface area contributed by atoms with Gasteiger partial charge in [-0.2, -0.15) is 4.98 Å². The number of nitrogens with zero attached hydrogens (tertiary/aromatic N) is 5. The molecular weight excluding hydrogens is 445 g/mol. The van der Waals surface area contributed by atoms with Gasteiger partial charge in [0, 0.05) is 38.1 Å². The summed E-state index contributed by atoms with van der Waals surface area (Å²) in [5.41, 5.74) is 0.921. The first kappa shape index (κ1) is 22.3. The van der Waals surface area contributed by atoms with Crippen molar-refractivity contribution in [3.63, 3.8) is 0 Å². The van der Waals surface area contributed by atoms with E-state index in [1.165, 1.54) is 30.3 Å². The van der Waals surface area contributed by atoms with Gasteiger partial charge < -0.3 is 15.5 Å². The second kappa shape index (κ2) is 10.6. The molecule has 166 valence electrons. The number of nitrogens with one attached hydrogen (secondary N) is 2. The van der Waals surface area contributed by atoms with Crippen LogP contribution in [-0.2, 0) is 6.54 Å². The standard InChI is InChI=1S/C22H24FN7S2/c1-15-4-2-11-30(14-15)18-12-19(32-22-24-9-3-10-25-22)28-20(27-18)29-21(31)26-13-16-5-7-17(23)8-6-16/h3,5-10,12,15H,2,4,11,13-14H2,1H3,(H2,26,27,28,29,31)/t15-/m1/s1. The van der Waals surface area contributed by atoms with Crippen LogP contribution >= 0.6 is 24.0 Å². The molecule has 10 heteroatoms. The highest BCUT2D eigenvalue weighted by Gasteiger charge is 2.20. The fraction of sp³-hybridized carbons (Fsp3) is 0.318. The maximum atomic E-state index is 13.1. The minimum absolute atomic E-state index is 0.265. The van der Waals surface area contributed by atoms with Crippen molar-refractivity contribution in [3.8, 4) is 0 Å². The molecule has 0 aliphatic carbocycles. The third kappa shape index (κ3) is 6.33. The summed E-state index contributed by atoms with van der Waals surface area (Å²) in [6, 6.07) is 10.0. The monoisotopic (exact) mass is 469 g/mol. The van der Waals surface area contributed by atoms with Crippen LogP contribution in [0.3, 0.4) is 0 Å². The molecule has 2 N–H and O–H groups in total. The summed E-state index contributed by atoms with van der Waals surface area (Å²) < 4.78 is 13.1. The summed E-state index contributed by atoms with van der Waals surface area (Å²) in [6.45, 7) is 4.64. The smallest absolute Gasteiger partial charge is 0.232 e. The summed E-state index contributed by atoms with van der Waals surface area (Å²) in [7, 11) is 0. The molecule has 0 radical (unpaired) electrons. The summed E-state index contributed by atoms with van der Waals surface area (Å²) in [5.74, 6) is 1.62. The molecule has 0 amide bonds. The van der Waals surface area contributed by atoms with Gasteiger partial charge in [-0.25, -0.2) is 19.3 Å². The van der Waals surface area contributed by atoms with Gasteiger partial charge in [-0.1, -0.05) is 19.1 Å². The molecule has 3 heterocycles. The number of benzene rings is 1. The Morgan fingerprint density at radius 1 is 1.22 bits per heavy atom. The lowest BCUT2D eigenvalue weighted by Crippen LogP contribution is -2.35. The second-order valence-corrected chi connectivity index (χ2v) is 9.04. The largest absolute Gasteiger partial charge is 0.358 e. The highest BCUT2D eigenvalue weighted by Crippen LogP contribution is 2.29. The summed E-state index contributed by atoms with van der Waals surface area (Å²) in [5, 5.41) is 7.95. The van der Waals surface area contributed by atoms with Crippen molar-refractivity contribution in [3.05, 3.63) is 60.2 Å². The van der Waals surface area contributed by atoms with Crippen molar-refractivity contribution < 1.29 is 4.39 Å². The Kier molecular flexibility index (Phi) is 7.43. The molecule has 1 fully saturated rings. The van der Waals surface area contributed by atoms with E-state index >= 15 is 0 Å². The van der Waals surface area contributed by atoms with Gasteiger partial charge in [-0.15, -0.1) is 0 Å². The van der Waals surface area contributed by atoms with Gasteiger partial charge in [0.15, 0.2) is 10.3 Å². The number of piperidine rings is 1. The molecule has 1 saturated heterocycles. The normalized spacial score (nSPS) is 15.9. The highest BCUT2D eigenvalue weighted by molar-refractivity contribution is 7.99. The molecule has 1 aliphatic rings. The highest BCUT2D eigenvalue weighted by atomic mass is 32.2. The zero-order valence-corrected chi connectivity index (χ0v) is 19.3. The molecule has 7 nitrogen and oxygen atoms in total. The second-order valence-electron chi connectivity index (χ2n) is 7.65. The predicted octanol–water partition coefficient (Wildman–Crippen LogP) is 4.28. The molecular formula is C22H24FN7S2. The van der Waals surface area contributed by atoms with Crippen molar-refractivity contribution in [2.75, 3.05) is 23.3 Å². The average molecular weight is 470 g/mol. The molecule has 32 heavy (non-hydrogen) atoms. The minimum Gasteiger partial charge on any atom is -0.358 e. The van der Waals surface area contributed by atoms with E-state index < -0.39 is 0 Å². The Bertz CT molecular complexity index is 1050. The maximum absolute atomic E-state index is 13.1. The van der Waals surface area contributed by atoms with Crippen LogP contribution in [0.2, 0.25) is 0 Å². The van der Waals surface area contributed by atoms with E-state index in [1.54, 1.807) is 30.6 Å². The van der Waals surface area contributed by atoms with E-state index in [-0.39, 0.29) is 5.82 Å². The molecule has 4 rings (SSSR count). The quantitative estimate of drug-likeness (QED) is 0.312. The minimum atomic E-state index is -0.265. The molecule has 0 bridgehead atoms. The van der Waals surface area contributed by atoms with Crippen molar-refractivity contribution in [2.24, 2.45) is 5.92 Å². The van der Waals surface area contributed by atoms with E-state index in [0.717, 1.165) is 35.9 Å². The van der Waals surface area contributed by atoms with Crippen LogP contribution in [0.25, 0.3) is 0 Å². The number of aromatic nitrogens is 4. The molecule has 0 saturated carbocycles. The average Bonchev–Trinajstić information content (AvgIpc) is 2.79. The predicted molar refractivity (Wildman–Crippen MR) is 128 cm³/mol. The zero-order chi connectivity index (χ0) is 22.3. The van der Waals surface area contributed by atoms with E-state index in [4.69, 9.17) is 17.2 Å². The van der Waals surface area contributed by atoms with E-state index in [1.807, 2.05) is 6.07 Å². The summed E-state index contributed by atoms with van der Waals surface area (Å²) in [6.07, 6.45) is 5.77. The Labute approximate surface area is 196 Å². The first-order chi connectivity index (χ1) is 15.5. The van der Waals surface area contributed by atoms with Gasteiger partial charge in [0.25, 0.3) is 0 Å². The Balaban J connectivity index is 1.50. The molecule has 3 aromatic rings. The summed E-state index contributed by atoms with van der Waals surface area (Å²) in [4.78, 5) is 20.2. The van der Waals surface area contributed by atoms with Crippen molar-refractivity contribution in [1.82, 2.24) is 25.3 Å². The zero-order valence-electron chi connectivity index (χ0n) is 17.7. The topological polar surface area (TPSA) is 78.9 Å². The number of rotatable bonds is 6. The maximum Gasteiger partial charge on any atom is 0.232 e. The molecule has 0 spiro atoms. The van der Waals surface area contributed by atoms with Crippen LogP contribution in [-0.4, -0.2) is 38.1 Å². The Morgan fingerprint density at radius 2 is 2.00 bits per heavy atom. The number of thiocarbonyl (C=S) groups is 1. The summed E-state index contributed by atoms with van der Waals surface area (Å²) >= 11 is 6.81. The Morgan fingerprint density at radius 3 is 2.75 bits per heavy atom. The number of anilines is 2. The van der Waals surface area contributed by atoms with Crippen LogP contribution in [0.5, 0.6) is 0 Å². The molecule has 0 unspecified atom stereocenters. The number of hydrogen-bond donors (Lipinski definition) is 2. The fourth-order valence-corrected chi connectivity index (χ4v) is 4.32. The third-order valence-corrected chi connectivity index (χ3v) is 6.06. The molecule has 2 aromatic heterocycles. The first-order valence-electron chi connectivity index (χ1n) is 10.4. The number of halogens is 1. The van der Waals surface area contributed by atoms with Gasteiger partial charge in [-0.3, -0.25) is 0 Å². The van der Waals surface area contributed by atoms with Crippen LogP contribution in [0.15, 0.2) is 59.0 Å². The molecule has 1 aromatic carbocycles. The van der Waals surface area contributed by atoms with E-state index in [2.05, 4.69) is 37.4 Å². The van der Waals surface area contributed by atoms with Crippen LogP contribution in [0.1, 0.15) is 25.3 Å². The van der Waals surface area contributed by atoms with Crippen LogP contribution in [0.4, 0.5) is 16.2 Å². The van der Waals surface area contributed by atoms with Gasteiger partial charge >= 0.3 is 0 Å².